The molecule has 0 aromatic carbocycles. The number of rotatable bonds is 5. The summed E-state index contributed by atoms with van der Waals surface area (Å²) in [4.78, 5) is 0. The molecule has 0 aromatic rings. The van der Waals surface area contributed by atoms with Crippen molar-refractivity contribution in [2.45, 2.75) is 77.0 Å². The molecule has 0 radical (unpaired) electrons. The summed E-state index contributed by atoms with van der Waals surface area (Å²) < 4.78 is 5.59. The molecule has 3 N–H and O–H groups in total. The predicted molar refractivity (Wildman–Crippen MR) is 70.3 cm³/mol. The third-order valence-corrected chi connectivity index (χ3v) is 3.98. The molecule has 4 atom stereocenters. The summed E-state index contributed by atoms with van der Waals surface area (Å²) in [6.45, 7) is 10.2. The third kappa shape index (κ3) is 2.35. The quantitative estimate of drug-likeness (QED) is 0.514. The van der Waals surface area contributed by atoms with Crippen molar-refractivity contribution in [3.05, 3.63) is 11.6 Å². The van der Waals surface area contributed by atoms with Crippen LogP contribution < -0.4 is 0 Å². The molecule has 1 fully saturated rings. The second kappa shape index (κ2) is 4.60. The molecule has 1 aliphatic heterocycles. The Kier molecular flexibility index (Phi) is 4.00. The van der Waals surface area contributed by atoms with Gasteiger partial charge in [-0.25, -0.2) is 0 Å². The number of ether oxygens (including phenoxy) is 1. The van der Waals surface area contributed by atoms with Gasteiger partial charge in [0, 0.05) is 0 Å². The maximum atomic E-state index is 10.7. The van der Waals surface area contributed by atoms with E-state index in [-0.39, 0.29) is 6.10 Å². The van der Waals surface area contributed by atoms with E-state index in [1.165, 1.54) is 26.3 Å². The van der Waals surface area contributed by atoms with Crippen molar-refractivity contribution in [1.82, 2.24) is 0 Å². The maximum absolute atomic E-state index is 10.7. The number of aliphatic hydroxyl groups is 3. The zero-order chi connectivity index (χ0) is 14.4. The van der Waals surface area contributed by atoms with Crippen molar-refractivity contribution in [2.75, 3.05) is 0 Å². The van der Waals surface area contributed by atoms with Crippen LogP contribution >= 0.6 is 0 Å². The van der Waals surface area contributed by atoms with E-state index in [9.17, 15) is 15.3 Å². The Morgan fingerprint density at radius 2 is 1.89 bits per heavy atom. The van der Waals surface area contributed by atoms with Gasteiger partial charge < -0.3 is 20.1 Å². The van der Waals surface area contributed by atoms with E-state index < -0.39 is 22.9 Å². The molecule has 1 heterocycles. The highest BCUT2D eigenvalue weighted by atomic mass is 16.6. The number of hydrogen-bond donors (Lipinski definition) is 3. The predicted octanol–water partition coefficient (Wildman–Crippen LogP) is 1.38. The number of hydrogen-bond acceptors (Lipinski definition) is 4. The zero-order valence-electron chi connectivity index (χ0n) is 12.2. The van der Waals surface area contributed by atoms with Crippen molar-refractivity contribution >= 4 is 0 Å². The van der Waals surface area contributed by atoms with Gasteiger partial charge in [-0.05, 0) is 48.0 Å². The van der Waals surface area contributed by atoms with E-state index in [0.717, 1.165) is 0 Å². The van der Waals surface area contributed by atoms with Gasteiger partial charge in [0.25, 0.3) is 0 Å². The first-order valence-corrected chi connectivity index (χ1v) is 6.41. The van der Waals surface area contributed by atoms with Crippen LogP contribution in [0, 0.1) is 0 Å². The van der Waals surface area contributed by atoms with Crippen LogP contribution in [-0.4, -0.2) is 44.3 Å². The zero-order valence-corrected chi connectivity index (χ0v) is 12.2. The molecule has 0 saturated carbocycles. The average molecular weight is 258 g/mol. The lowest BCUT2D eigenvalue weighted by atomic mass is 9.70. The fraction of sp³-hybridized carbons (Fsp3) is 0.857. The number of epoxide rings is 1. The summed E-state index contributed by atoms with van der Waals surface area (Å²) in [6, 6.07) is 0. The first-order chi connectivity index (χ1) is 7.97. The van der Waals surface area contributed by atoms with Crippen LogP contribution in [0.15, 0.2) is 11.6 Å². The molecule has 0 aromatic heterocycles. The maximum Gasteiger partial charge on any atom is 0.149 e. The van der Waals surface area contributed by atoms with E-state index in [2.05, 4.69) is 0 Å². The normalized spacial score (nSPS) is 32.6. The fourth-order valence-corrected chi connectivity index (χ4v) is 2.75. The molecule has 0 amide bonds. The van der Waals surface area contributed by atoms with Crippen LogP contribution in [0.5, 0.6) is 0 Å². The van der Waals surface area contributed by atoms with Crippen LogP contribution in [0.3, 0.4) is 0 Å². The summed E-state index contributed by atoms with van der Waals surface area (Å²) in [5.41, 5.74) is -2.89. The highest BCUT2D eigenvalue weighted by Crippen LogP contribution is 2.52. The molecule has 0 spiro atoms. The Bertz CT molecular complexity index is 338. The molecule has 18 heavy (non-hydrogen) atoms. The summed E-state index contributed by atoms with van der Waals surface area (Å²) in [7, 11) is 0. The van der Waals surface area contributed by atoms with Crippen LogP contribution in [0.2, 0.25) is 0 Å². The largest absolute Gasteiger partial charge is 0.390 e. The molecule has 1 aliphatic rings. The molecular weight excluding hydrogens is 232 g/mol. The Balaban J connectivity index is 2.95. The minimum Gasteiger partial charge on any atom is -0.390 e. The molecule has 0 aliphatic carbocycles. The van der Waals surface area contributed by atoms with Crippen molar-refractivity contribution < 1.29 is 20.1 Å². The molecule has 106 valence electrons. The minimum atomic E-state index is -1.69. The Morgan fingerprint density at radius 1 is 1.39 bits per heavy atom. The monoisotopic (exact) mass is 258 g/mol. The van der Waals surface area contributed by atoms with Gasteiger partial charge in [-0.1, -0.05) is 11.6 Å². The van der Waals surface area contributed by atoms with Gasteiger partial charge in [-0.3, -0.25) is 0 Å². The Hall–Kier alpha value is -0.420. The molecule has 1 rings (SSSR count). The van der Waals surface area contributed by atoms with E-state index in [4.69, 9.17) is 4.74 Å². The lowest BCUT2D eigenvalue weighted by molar-refractivity contribution is -0.214. The fourth-order valence-electron chi connectivity index (χ4n) is 2.75. The molecule has 4 nitrogen and oxygen atoms in total. The molecule has 4 heteroatoms. The topological polar surface area (TPSA) is 73.2 Å². The van der Waals surface area contributed by atoms with E-state index in [1.807, 2.05) is 19.9 Å². The number of aliphatic hydroxyl groups excluding tert-OH is 1. The van der Waals surface area contributed by atoms with Crippen LogP contribution in [0.4, 0.5) is 0 Å². The van der Waals surface area contributed by atoms with Gasteiger partial charge in [-0.2, -0.15) is 0 Å². The summed E-state index contributed by atoms with van der Waals surface area (Å²) >= 11 is 0. The summed E-state index contributed by atoms with van der Waals surface area (Å²) in [6.07, 6.45) is 1.44. The first kappa shape index (κ1) is 15.6. The Morgan fingerprint density at radius 3 is 2.22 bits per heavy atom. The van der Waals surface area contributed by atoms with E-state index in [1.54, 1.807) is 6.92 Å². The average Bonchev–Trinajstić information content (AvgIpc) is 2.85. The second-order valence-electron chi connectivity index (χ2n) is 6.23. The van der Waals surface area contributed by atoms with Gasteiger partial charge in [0.2, 0.25) is 0 Å². The highest BCUT2D eigenvalue weighted by molar-refractivity contribution is 5.22. The van der Waals surface area contributed by atoms with Gasteiger partial charge >= 0.3 is 0 Å². The highest BCUT2D eigenvalue weighted by Gasteiger charge is 2.71. The van der Waals surface area contributed by atoms with Crippen molar-refractivity contribution in [1.29, 1.82) is 0 Å². The van der Waals surface area contributed by atoms with Gasteiger partial charge in [0.1, 0.15) is 11.2 Å². The SMILES string of the molecule is CC(C)=CCC1OC1(C)C(O)(C(C)O)C(C)(C)O. The summed E-state index contributed by atoms with van der Waals surface area (Å²) in [5.74, 6) is 0. The van der Waals surface area contributed by atoms with Crippen LogP contribution in [0.25, 0.3) is 0 Å². The molecule has 0 bridgehead atoms. The summed E-state index contributed by atoms with van der Waals surface area (Å²) in [5, 5.41) is 30.8. The van der Waals surface area contributed by atoms with Gasteiger partial charge in [0.05, 0.1) is 17.8 Å². The van der Waals surface area contributed by atoms with Gasteiger partial charge in [0.15, 0.2) is 0 Å². The third-order valence-electron chi connectivity index (χ3n) is 3.98. The standard InChI is InChI=1S/C14H26O4/c1-9(2)7-8-11-13(6,18-11)14(17,10(3)15)12(4,5)16/h7,10-11,15-17H,8H2,1-6H3. The smallest absolute Gasteiger partial charge is 0.149 e. The second-order valence-corrected chi connectivity index (χ2v) is 6.23. The van der Waals surface area contributed by atoms with E-state index >= 15 is 0 Å². The number of allylic oxidation sites excluding steroid dienone is 1. The van der Waals surface area contributed by atoms with Crippen LogP contribution in [0.1, 0.15) is 48.0 Å². The molecule has 4 unspecified atom stereocenters. The Labute approximate surface area is 109 Å². The lowest BCUT2D eigenvalue weighted by Crippen LogP contribution is -2.66. The van der Waals surface area contributed by atoms with Crippen molar-refractivity contribution in [3.8, 4) is 0 Å². The minimum absolute atomic E-state index is 0.182. The molecular formula is C14H26O4. The first-order valence-electron chi connectivity index (χ1n) is 6.41. The van der Waals surface area contributed by atoms with Gasteiger partial charge in [-0.15, -0.1) is 0 Å². The molecule has 1 saturated heterocycles. The van der Waals surface area contributed by atoms with Crippen LogP contribution in [-0.2, 0) is 4.74 Å². The van der Waals surface area contributed by atoms with Crippen molar-refractivity contribution in [3.63, 3.8) is 0 Å². The lowest BCUT2D eigenvalue weighted by Gasteiger charge is -2.44. The van der Waals surface area contributed by atoms with E-state index in [0.29, 0.717) is 6.42 Å². The van der Waals surface area contributed by atoms with Crippen molar-refractivity contribution in [2.24, 2.45) is 0 Å².